The summed E-state index contributed by atoms with van der Waals surface area (Å²) in [5.41, 5.74) is 7.06. The second-order valence-electron chi connectivity index (χ2n) is 4.80. The molecule has 104 valence electrons. The lowest BCUT2D eigenvalue weighted by Crippen LogP contribution is -2.42. The van der Waals surface area contributed by atoms with E-state index in [2.05, 4.69) is 5.32 Å². The lowest BCUT2D eigenvalue weighted by Gasteiger charge is -2.25. The number of hydrogen-bond donors (Lipinski definition) is 2. The number of benzene rings is 1. The molecule has 2 heterocycles. The third kappa shape index (κ3) is 2.53. The highest BCUT2D eigenvalue weighted by Gasteiger charge is 2.22. The molecule has 1 aliphatic heterocycles. The summed E-state index contributed by atoms with van der Waals surface area (Å²) in [5.74, 6) is 1.33. The standard InChI is InChI=1S/C15H16N2O3/c16-7-13-6-11(8-19-13)15(18)17-12-5-10-3-1-2-4-14(10)20-9-12/h1-4,6,8,12H,5,7,9,16H2,(H,17,18). The van der Waals surface area contributed by atoms with Gasteiger partial charge in [0, 0.05) is 0 Å². The molecule has 1 aromatic carbocycles. The number of ether oxygens (including phenoxy) is 1. The predicted octanol–water partition coefficient (Wildman–Crippen LogP) is 1.47. The molecule has 5 heteroatoms. The summed E-state index contributed by atoms with van der Waals surface area (Å²) in [6, 6.07) is 9.49. The van der Waals surface area contributed by atoms with Crippen molar-refractivity contribution in [3.05, 3.63) is 53.5 Å². The first-order valence-electron chi connectivity index (χ1n) is 6.55. The van der Waals surface area contributed by atoms with Crippen molar-refractivity contribution in [3.8, 4) is 5.75 Å². The molecular weight excluding hydrogens is 256 g/mol. The van der Waals surface area contributed by atoms with Gasteiger partial charge in [-0.3, -0.25) is 4.79 Å². The van der Waals surface area contributed by atoms with E-state index in [4.69, 9.17) is 14.9 Å². The van der Waals surface area contributed by atoms with E-state index in [1.54, 1.807) is 6.07 Å². The molecule has 0 aliphatic carbocycles. The Morgan fingerprint density at radius 2 is 2.25 bits per heavy atom. The van der Waals surface area contributed by atoms with E-state index in [1.165, 1.54) is 6.26 Å². The Balaban J connectivity index is 1.66. The molecule has 2 aromatic rings. The number of carbonyl (C=O) groups excluding carboxylic acids is 1. The van der Waals surface area contributed by atoms with E-state index in [0.717, 1.165) is 17.7 Å². The lowest BCUT2D eigenvalue weighted by molar-refractivity contribution is 0.0915. The first kappa shape index (κ1) is 12.7. The van der Waals surface area contributed by atoms with Gasteiger partial charge in [0.05, 0.1) is 18.2 Å². The quantitative estimate of drug-likeness (QED) is 0.887. The maximum Gasteiger partial charge on any atom is 0.254 e. The van der Waals surface area contributed by atoms with Crippen molar-refractivity contribution in [1.82, 2.24) is 5.32 Å². The van der Waals surface area contributed by atoms with Crippen LogP contribution in [0.25, 0.3) is 0 Å². The van der Waals surface area contributed by atoms with Crippen molar-refractivity contribution in [2.24, 2.45) is 5.73 Å². The zero-order valence-corrected chi connectivity index (χ0v) is 11.0. The number of nitrogens with one attached hydrogen (secondary N) is 1. The van der Waals surface area contributed by atoms with Crippen LogP contribution in [0.15, 0.2) is 41.0 Å². The summed E-state index contributed by atoms with van der Waals surface area (Å²) in [7, 11) is 0. The maximum atomic E-state index is 12.1. The smallest absolute Gasteiger partial charge is 0.254 e. The Morgan fingerprint density at radius 1 is 1.40 bits per heavy atom. The van der Waals surface area contributed by atoms with Crippen molar-refractivity contribution >= 4 is 5.91 Å². The Bertz CT molecular complexity index is 621. The maximum absolute atomic E-state index is 12.1. The van der Waals surface area contributed by atoms with Crippen LogP contribution < -0.4 is 15.8 Å². The van der Waals surface area contributed by atoms with Gasteiger partial charge in [-0.1, -0.05) is 18.2 Å². The van der Waals surface area contributed by atoms with E-state index in [9.17, 15) is 4.79 Å². The zero-order valence-electron chi connectivity index (χ0n) is 11.0. The Morgan fingerprint density at radius 3 is 3.05 bits per heavy atom. The van der Waals surface area contributed by atoms with Crippen molar-refractivity contribution < 1.29 is 13.9 Å². The molecular formula is C15H16N2O3. The average Bonchev–Trinajstić information content (AvgIpc) is 2.96. The molecule has 0 radical (unpaired) electrons. The third-order valence-electron chi connectivity index (χ3n) is 3.33. The summed E-state index contributed by atoms with van der Waals surface area (Å²) in [6.45, 7) is 0.761. The number of amides is 1. The van der Waals surface area contributed by atoms with Gasteiger partial charge in [0.2, 0.25) is 0 Å². The first-order chi connectivity index (χ1) is 9.76. The van der Waals surface area contributed by atoms with Gasteiger partial charge in [0.1, 0.15) is 24.4 Å². The fourth-order valence-corrected chi connectivity index (χ4v) is 2.30. The van der Waals surface area contributed by atoms with Crippen LogP contribution in [0.5, 0.6) is 5.75 Å². The SMILES string of the molecule is NCc1cc(C(=O)NC2COc3ccccc3C2)co1. The van der Waals surface area contributed by atoms with Crippen LogP contribution in [0.4, 0.5) is 0 Å². The van der Waals surface area contributed by atoms with Crippen LogP contribution in [0.1, 0.15) is 21.7 Å². The number of carbonyl (C=O) groups is 1. The molecule has 3 rings (SSSR count). The highest BCUT2D eigenvalue weighted by Crippen LogP contribution is 2.24. The Hall–Kier alpha value is -2.27. The second kappa shape index (κ2) is 5.38. The summed E-state index contributed by atoms with van der Waals surface area (Å²) < 4.78 is 10.8. The molecule has 5 nitrogen and oxygen atoms in total. The van der Waals surface area contributed by atoms with Crippen LogP contribution in [-0.2, 0) is 13.0 Å². The molecule has 20 heavy (non-hydrogen) atoms. The Labute approximate surface area is 116 Å². The van der Waals surface area contributed by atoms with E-state index >= 15 is 0 Å². The molecule has 1 atom stereocenters. The average molecular weight is 272 g/mol. The van der Waals surface area contributed by atoms with Gasteiger partial charge < -0.3 is 20.2 Å². The molecule has 3 N–H and O–H groups in total. The van der Waals surface area contributed by atoms with Gasteiger partial charge >= 0.3 is 0 Å². The molecule has 0 fully saturated rings. The van der Waals surface area contributed by atoms with Gasteiger partial charge in [0.25, 0.3) is 5.91 Å². The van der Waals surface area contributed by atoms with Gasteiger partial charge in [-0.15, -0.1) is 0 Å². The van der Waals surface area contributed by atoms with E-state index in [-0.39, 0.29) is 18.5 Å². The highest BCUT2D eigenvalue weighted by molar-refractivity contribution is 5.94. The number of rotatable bonds is 3. The van der Waals surface area contributed by atoms with Crippen LogP contribution in [0.2, 0.25) is 0 Å². The van der Waals surface area contributed by atoms with Crippen LogP contribution in [0.3, 0.4) is 0 Å². The lowest BCUT2D eigenvalue weighted by atomic mass is 10.0. The predicted molar refractivity (Wildman–Crippen MR) is 73.5 cm³/mol. The van der Waals surface area contributed by atoms with E-state index < -0.39 is 0 Å². The summed E-state index contributed by atoms with van der Waals surface area (Å²) in [4.78, 5) is 12.1. The highest BCUT2D eigenvalue weighted by atomic mass is 16.5. The van der Waals surface area contributed by atoms with E-state index in [1.807, 2.05) is 24.3 Å². The van der Waals surface area contributed by atoms with Gasteiger partial charge in [0.15, 0.2) is 0 Å². The third-order valence-corrected chi connectivity index (χ3v) is 3.33. The monoisotopic (exact) mass is 272 g/mol. The fourth-order valence-electron chi connectivity index (χ4n) is 2.30. The Kier molecular flexibility index (Phi) is 3.43. The molecule has 1 aromatic heterocycles. The summed E-state index contributed by atoms with van der Waals surface area (Å²) in [5, 5.41) is 2.95. The zero-order chi connectivity index (χ0) is 13.9. The molecule has 0 spiro atoms. The minimum absolute atomic E-state index is 0.0337. The second-order valence-corrected chi connectivity index (χ2v) is 4.80. The molecule has 1 amide bonds. The largest absolute Gasteiger partial charge is 0.491 e. The van der Waals surface area contributed by atoms with Gasteiger partial charge in [-0.2, -0.15) is 0 Å². The molecule has 1 unspecified atom stereocenters. The number of hydrogen-bond acceptors (Lipinski definition) is 4. The van der Waals surface area contributed by atoms with Crippen LogP contribution in [0, 0.1) is 0 Å². The minimum atomic E-state index is -0.165. The van der Waals surface area contributed by atoms with Crippen molar-refractivity contribution in [2.45, 2.75) is 19.0 Å². The van der Waals surface area contributed by atoms with Crippen LogP contribution >= 0.6 is 0 Å². The van der Waals surface area contributed by atoms with E-state index in [0.29, 0.717) is 17.9 Å². The number of fused-ring (bicyclic) bond motifs is 1. The molecule has 0 bridgehead atoms. The number of furan rings is 1. The topological polar surface area (TPSA) is 77.5 Å². The molecule has 0 saturated heterocycles. The molecule has 1 aliphatic rings. The van der Waals surface area contributed by atoms with Gasteiger partial charge in [-0.05, 0) is 24.1 Å². The van der Waals surface area contributed by atoms with Crippen molar-refractivity contribution in [3.63, 3.8) is 0 Å². The fraction of sp³-hybridized carbons (Fsp3) is 0.267. The van der Waals surface area contributed by atoms with Crippen molar-refractivity contribution in [1.29, 1.82) is 0 Å². The minimum Gasteiger partial charge on any atom is -0.491 e. The summed E-state index contributed by atoms with van der Waals surface area (Å²) >= 11 is 0. The van der Waals surface area contributed by atoms with Crippen LogP contribution in [-0.4, -0.2) is 18.6 Å². The molecule has 0 saturated carbocycles. The summed E-state index contributed by atoms with van der Waals surface area (Å²) in [6.07, 6.45) is 2.19. The normalized spacial score (nSPS) is 17.1. The van der Waals surface area contributed by atoms with Gasteiger partial charge in [-0.25, -0.2) is 0 Å². The number of nitrogens with two attached hydrogens (primary N) is 1. The number of para-hydroxylation sites is 1. The first-order valence-corrected chi connectivity index (χ1v) is 6.55. The van der Waals surface area contributed by atoms with Crippen molar-refractivity contribution in [2.75, 3.05) is 6.61 Å².